The maximum Gasteiger partial charge on any atom is 0.158 e. The molecule has 5 heteroatoms. The lowest BCUT2D eigenvalue weighted by molar-refractivity contribution is 0.814. The number of pyridine rings is 1. The molecular formula is C12H13Cl2N3. The second kappa shape index (κ2) is 4.67. The zero-order valence-electron chi connectivity index (χ0n) is 9.96. The summed E-state index contributed by atoms with van der Waals surface area (Å²) in [6.07, 6.45) is 1.76. The molecule has 0 aliphatic carbocycles. The van der Waals surface area contributed by atoms with E-state index < -0.39 is 0 Å². The molecule has 0 radical (unpaired) electrons. The Bertz CT molecular complexity index is 542. The number of hydrogen-bond donors (Lipinski definition) is 0. The molecule has 0 saturated carbocycles. The van der Waals surface area contributed by atoms with Crippen molar-refractivity contribution in [3.8, 4) is 5.82 Å². The summed E-state index contributed by atoms with van der Waals surface area (Å²) in [4.78, 5) is 4.49. The fraction of sp³-hybridized carbons (Fsp3) is 0.333. The van der Waals surface area contributed by atoms with Crippen LogP contribution in [0.5, 0.6) is 0 Å². The lowest BCUT2D eigenvalue weighted by Crippen LogP contribution is -2.06. The lowest BCUT2D eigenvalue weighted by Gasteiger charge is -2.10. The van der Waals surface area contributed by atoms with E-state index in [0.717, 1.165) is 28.3 Å². The smallest absolute Gasteiger partial charge is 0.158 e. The fourth-order valence-corrected chi connectivity index (χ4v) is 2.21. The van der Waals surface area contributed by atoms with Crippen LogP contribution in [0, 0.1) is 20.8 Å². The van der Waals surface area contributed by atoms with Gasteiger partial charge in [-0.2, -0.15) is 5.10 Å². The largest absolute Gasteiger partial charge is 0.234 e. The van der Waals surface area contributed by atoms with Crippen molar-refractivity contribution >= 4 is 23.2 Å². The molecule has 0 saturated heterocycles. The van der Waals surface area contributed by atoms with Crippen molar-refractivity contribution < 1.29 is 0 Å². The summed E-state index contributed by atoms with van der Waals surface area (Å²) in [7, 11) is 0. The van der Waals surface area contributed by atoms with Gasteiger partial charge in [-0.25, -0.2) is 9.67 Å². The average molecular weight is 270 g/mol. The van der Waals surface area contributed by atoms with E-state index in [9.17, 15) is 0 Å². The summed E-state index contributed by atoms with van der Waals surface area (Å²) in [5.74, 6) is 1.16. The molecule has 0 amide bonds. The Labute approximate surface area is 110 Å². The highest BCUT2D eigenvalue weighted by molar-refractivity contribution is 6.31. The molecule has 0 aliphatic rings. The molecule has 0 bridgehead atoms. The fourth-order valence-electron chi connectivity index (χ4n) is 1.75. The first kappa shape index (κ1) is 12.4. The van der Waals surface area contributed by atoms with E-state index in [-0.39, 0.29) is 0 Å². The van der Waals surface area contributed by atoms with Gasteiger partial charge in [0.1, 0.15) is 0 Å². The minimum absolute atomic E-state index is 0.408. The van der Waals surface area contributed by atoms with Crippen molar-refractivity contribution in [1.29, 1.82) is 0 Å². The van der Waals surface area contributed by atoms with Gasteiger partial charge in [-0.1, -0.05) is 11.6 Å². The van der Waals surface area contributed by atoms with Crippen LogP contribution in [-0.4, -0.2) is 14.8 Å². The predicted molar refractivity (Wildman–Crippen MR) is 70.1 cm³/mol. The van der Waals surface area contributed by atoms with Gasteiger partial charge in [0.15, 0.2) is 5.82 Å². The summed E-state index contributed by atoms with van der Waals surface area (Å²) in [6, 6.07) is 2.01. The van der Waals surface area contributed by atoms with Crippen LogP contribution in [0.3, 0.4) is 0 Å². The van der Waals surface area contributed by atoms with E-state index in [1.54, 1.807) is 10.9 Å². The Balaban J connectivity index is 2.65. The molecule has 0 unspecified atom stereocenters. The highest BCUT2D eigenvalue weighted by atomic mass is 35.5. The molecule has 0 spiro atoms. The molecule has 90 valence electrons. The Morgan fingerprint density at radius 3 is 2.53 bits per heavy atom. The summed E-state index contributed by atoms with van der Waals surface area (Å²) in [5.41, 5.74) is 3.83. The molecule has 0 atom stereocenters. The van der Waals surface area contributed by atoms with Gasteiger partial charge in [0.05, 0.1) is 22.8 Å². The van der Waals surface area contributed by atoms with Crippen LogP contribution in [0.4, 0.5) is 0 Å². The molecular weight excluding hydrogens is 257 g/mol. The van der Waals surface area contributed by atoms with E-state index in [1.165, 1.54) is 0 Å². The van der Waals surface area contributed by atoms with Gasteiger partial charge in [-0.05, 0) is 32.4 Å². The third-order valence-corrected chi connectivity index (χ3v) is 3.28. The van der Waals surface area contributed by atoms with Crippen LogP contribution in [0.2, 0.25) is 5.02 Å². The molecule has 2 rings (SSSR count). The quantitative estimate of drug-likeness (QED) is 0.781. The van der Waals surface area contributed by atoms with E-state index in [2.05, 4.69) is 10.1 Å². The molecule has 0 fully saturated rings. The maximum absolute atomic E-state index is 6.01. The number of rotatable bonds is 2. The first-order chi connectivity index (χ1) is 8.02. The van der Waals surface area contributed by atoms with Crippen molar-refractivity contribution in [2.75, 3.05) is 0 Å². The molecule has 0 N–H and O–H groups in total. The number of aryl methyl sites for hydroxylation is 3. The van der Waals surface area contributed by atoms with Gasteiger partial charge in [0.25, 0.3) is 0 Å². The Morgan fingerprint density at radius 2 is 2.00 bits per heavy atom. The first-order valence-electron chi connectivity index (χ1n) is 5.28. The zero-order chi connectivity index (χ0) is 12.6. The van der Waals surface area contributed by atoms with Gasteiger partial charge in [-0.3, -0.25) is 0 Å². The normalized spacial score (nSPS) is 10.9. The molecule has 2 aromatic rings. The highest BCUT2D eigenvalue weighted by Gasteiger charge is 2.12. The van der Waals surface area contributed by atoms with Crippen molar-refractivity contribution in [1.82, 2.24) is 14.8 Å². The number of aromatic nitrogens is 3. The standard InChI is InChI=1S/C12H13Cl2N3/c1-7-4-8(2)15-12(10(7)5-13)17-6-11(14)9(3)16-17/h4,6H,5H2,1-3H3. The van der Waals surface area contributed by atoms with Gasteiger partial charge in [0.2, 0.25) is 0 Å². The van der Waals surface area contributed by atoms with Crippen molar-refractivity contribution in [3.63, 3.8) is 0 Å². The third kappa shape index (κ3) is 2.31. The number of hydrogen-bond acceptors (Lipinski definition) is 2. The van der Waals surface area contributed by atoms with Gasteiger partial charge >= 0.3 is 0 Å². The van der Waals surface area contributed by atoms with Crippen LogP contribution in [0.15, 0.2) is 12.3 Å². The molecule has 17 heavy (non-hydrogen) atoms. The van der Waals surface area contributed by atoms with Crippen molar-refractivity contribution in [3.05, 3.63) is 39.8 Å². The number of halogens is 2. The average Bonchev–Trinajstić information content (AvgIpc) is 2.58. The minimum Gasteiger partial charge on any atom is -0.234 e. The topological polar surface area (TPSA) is 30.7 Å². The molecule has 0 aromatic carbocycles. The van der Waals surface area contributed by atoms with E-state index in [0.29, 0.717) is 10.9 Å². The SMILES string of the molecule is Cc1cc(C)c(CCl)c(-n2cc(Cl)c(C)n2)n1. The summed E-state index contributed by atoms with van der Waals surface area (Å²) < 4.78 is 1.69. The monoisotopic (exact) mass is 269 g/mol. The zero-order valence-corrected chi connectivity index (χ0v) is 11.5. The van der Waals surface area contributed by atoms with Crippen molar-refractivity contribution in [2.24, 2.45) is 0 Å². The van der Waals surface area contributed by atoms with Crippen LogP contribution in [0.1, 0.15) is 22.5 Å². The predicted octanol–water partition coefficient (Wildman–Crippen LogP) is 3.58. The Morgan fingerprint density at radius 1 is 1.29 bits per heavy atom. The molecule has 2 heterocycles. The first-order valence-corrected chi connectivity index (χ1v) is 6.19. The second-order valence-electron chi connectivity index (χ2n) is 4.02. The maximum atomic E-state index is 6.01. The number of alkyl halides is 1. The lowest BCUT2D eigenvalue weighted by atomic mass is 10.1. The molecule has 2 aromatic heterocycles. The third-order valence-electron chi connectivity index (χ3n) is 2.64. The minimum atomic E-state index is 0.408. The van der Waals surface area contributed by atoms with E-state index in [4.69, 9.17) is 23.2 Å². The van der Waals surface area contributed by atoms with Crippen LogP contribution >= 0.6 is 23.2 Å². The molecule has 0 aliphatic heterocycles. The summed E-state index contributed by atoms with van der Waals surface area (Å²) in [5, 5.41) is 4.97. The van der Waals surface area contributed by atoms with Gasteiger partial charge < -0.3 is 0 Å². The van der Waals surface area contributed by atoms with Crippen molar-refractivity contribution in [2.45, 2.75) is 26.7 Å². The van der Waals surface area contributed by atoms with Gasteiger partial charge in [-0.15, -0.1) is 11.6 Å². The number of nitrogens with zero attached hydrogens (tertiary/aromatic N) is 3. The Hall–Kier alpha value is -1.06. The van der Waals surface area contributed by atoms with Gasteiger partial charge in [0, 0.05) is 11.3 Å². The Kier molecular flexibility index (Phi) is 3.40. The van der Waals surface area contributed by atoms with E-state index >= 15 is 0 Å². The summed E-state index contributed by atoms with van der Waals surface area (Å²) >= 11 is 12.0. The van der Waals surface area contributed by atoms with E-state index in [1.807, 2.05) is 26.8 Å². The van der Waals surface area contributed by atoms with Crippen LogP contribution in [-0.2, 0) is 5.88 Å². The second-order valence-corrected chi connectivity index (χ2v) is 4.70. The highest BCUT2D eigenvalue weighted by Crippen LogP contribution is 2.22. The molecule has 3 nitrogen and oxygen atoms in total. The van der Waals surface area contributed by atoms with Crippen LogP contribution in [0.25, 0.3) is 5.82 Å². The summed E-state index contributed by atoms with van der Waals surface area (Å²) in [6.45, 7) is 5.84. The van der Waals surface area contributed by atoms with Crippen LogP contribution < -0.4 is 0 Å².